The fraction of sp³-hybridized carbons (Fsp3) is 0.241. The van der Waals surface area contributed by atoms with Crippen molar-refractivity contribution in [2.45, 2.75) is 37.9 Å². The second-order valence-corrected chi connectivity index (χ2v) is 9.44. The minimum atomic E-state index is -0.538. The molecule has 0 bridgehead atoms. The van der Waals surface area contributed by atoms with Crippen LogP contribution < -0.4 is 0 Å². The van der Waals surface area contributed by atoms with Gasteiger partial charge in [0.15, 0.2) is 0 Å². The van der Waals surface area contributed by atoms with Crippen LogP contribution in [0.4, 0.5) is 4.39 Å². The number of nitrogens with one attached hydrogen (secondary N) is 1. The maximum Gasteiger partial charge on any atom is 0.246 e. The Morgan fingerprint density at radius 1 is 0.886 bits per heavy atom. The lowest BCUT2D eigenvalue weighted by atomic mass is 9.86. The lowest BCUT2D eigenvalue weighted by Gasteiger charge is -2.47. The summed E-state index contributed by atoms with van der Waals surface area (Å²) in [5, 5.41) is 1.11. The van der Waals surface area contributed by atoms with E-state index in [1.165, 1.54) is 17.7 Å². The maximum absolute atomic E-state index is 13.7. The molecule has 2 aliphatic heterocycles. The number of hydrogen-bond acceptors (Lipinski definition) is 2. The molecular formula is C29H26FN3O2. The Balaban J connectivity index is 1.35. The first-order chi connectivity index (χ1) is 17.1. The Bertz CT molecular complexity index is 1400. The molecule has 0 aliphatic carbocycles. The molecule has 3 aromatic carbocycles. The average Bonchev–Trinajstić information content (AvgIpc) is 3.25. The number of halogens is 1. The summed E-state index contributed by atoms with van der Waals surface area (Å²) in [6, 6.07) is 23.8. The highest BCUT2D eigenvalue weighted by atomic mass is 19.1. The second kappa shape index (κ2) is 8.69. The van der Waals surface area contributed by atoms with Crippen LogP contribution in [0.25, 0.3) is 10.9 Å². The molecule has 0 unspecified atom stereocenters. The first-order valence-corrected chi connectivity index (χ1v) is 12.1. The lowest BCUT2D eigenvalue weighted by molar-refractivity contribution is -0.160. The Morgan fingerprint density at radius 2 is 1.63 bits per heavy atom. The van der Waals surface area contributed by atoms with E-state index in [1.54, 1.807) is 17.0 Å². The molecule has 0 radical (unpaired) electrons. The van der Waals surface area contributed by atoms with Gasteiger partial charge in [-0.3, -0.25) is 9.59 Å². The number of rotatable bonds is 5. The van der Waals surface area contributed by atoms with E-state index in [4.69, 9.17) is 0 Å². The molecular weight excluding hydrogens is 441 g/mol. The number of piperazine rings is 1. The van der Waals surface area contributed by atoms with Crippen LogP contribution in [0.3, 0.4) is 0 Å². The van der Waals surface area contributed by atoms with Crippen LogP contribution in [0.1, 0.15) is 34.8 Å². The molecule has 2 aliphatic rings. The fourth-order valence-corrected chi connectivity index (χ4v) is 5.64. The monoisotopic (exact) mass is 467 g/mol. The van der Waals surface area contributed by atoms with Gasteiger partial charge in [0.2, 0.25) is 11.8 Å². The van der Waals surface area contributed by atoms with Crippen molar-refractivity contribution in [1.29, 1.82) is 0 Å². The van der Waals surface area contributed by atoms with Gasteiger partial charge >= 0.3 is 0 Å². The minimum absolute atomic E-state index is 0.0319. The lowest BCUT2D eigenvalue weighted by Crippen LogP contribution is -2.62. The number of amides is 2. The molecule has 0 spiro atoms. The van der Waals surface area contributed by atoms with E-state index >= 15 is 0 Å². The quantitative estimate of drug-likeness (QED) is 0.459. The van der Waals surface area contributed by atoms with Gasteiger partial charge in [0.1, 0.15) is 18.4 Å². The Kier molecular flexibility index (Phi) is 5.36. The summed E-state index contributed by atoms with van der Waals surface area (Å²) in [4.78, 5) is 34.3. The van der Waals surface area contributed by atoms with Gasteiger partial charge in [-0.1, -0.05) is 60.7 Å². The third-order valence-corrected chi connectivity index (χ3v) is 7.30. The zero-order chi connectivity index (χ0) is 23.9. The van der Waals surface area contributed by atoms with Gasteiger partial charge in [-0.25, -0.2) is 4.39 Å². The fourth-order valence-electron chi connectivity index (χ4n) is 5.64. The van der Waals surface area contributed by atoms with Gasteiger partial charge < -0.3 is 14.8 Å². The number of aromatic amines is 1. The summed E-state index contributed by atoms with van der Waals surface area (Å²) >= 11 is 0. The highest BCUT2D eigenvalue weighted by Gasteiger charge is 2.47. The second-order valence-electron chi connectivity index (χ2n) is 9.44. The molecule has 2 amide bonds. The number of H-pyrrole nitrogens is 1. The van der Waals surface area contributed by atoms with E-state index in [-0.39, 0.29) is 30.2 Å². The summed E-state index contributed by atoms with van der Waals surface area (Å²) in [7, 11) is 0. The van der Waals surface area contributed by atoms with Crippen LogP contribution >= 0.6 is 0 Å². The predicted octanol–water partition coefficient (Wildman–Crippen LogP) is 4.78. The molecule has 3 heterocycles. The molecule has 1 aromatic heterocycles. The third-order valence-electron chi connectivity index (χ3n) is 7.30. The summed E-state index contributed by atoms with van der Waals surface area (Å²) in [6.45, 7) is 0.328. The van der Waals surface area contributed by atoms with Gasteiger partial charge in [0.25, 0.3) is 0 Å². The maximum atomic E-state index is 13.7. The standard InChI is InChI=1S/C29H26FN3O2/c30-21-13-10-20(11-14-21)17-32-18-27(34)33-25(15-12-19-6-2-1-3-7-19)28-23(16-26(33)29(32)35)22-8-4-5-9-24(22)31-28/h1-11,13-14,25-26,31H,12,15-18H2/t25-,26-/m0/s1. The van der Waals surface area contributed by atoms with E-state index in [1.807, 2.05) is 41.3 Å². The number of benzene rings is 3. The zero-order valence-corrected chi connectivity index (χ0v) is 19.3. The van der Waals surface area contributed by atoms with Crippen LogP contribution in [0, 0.1) is 5.82 Å². The molecule has 4 aromatic rings. The number of aromatic nitrogens is 1. The number of hydrogen-bond donors (Lipinski definition) is 1. The molecule has 2 atom stereocenters. The number of carbonyl (C=O) groups excluding carboxylic acids is 2. The average molecular weight is 468 g/mol. The highest BCUT2D eigenvalue weighted by Crippen LogP contribution is 2.41. The Morgan fingerprint density at radius 3 is 2.43 bits per heavy atom. The van der Waals surface area contributed by atoms with E-state index < -0.39 is 6.04 Å². The molecule has 6 rings (SSSR count). The summed E-state index contributed by atoms with van der Waals surface area (Å²) in [5.41, 5.74) is 5.23. The molecule has 1 saturated heterocycles. The van der Waals surface area contributed by atoms with Crippen LogP contribution in [0.5, 0.6) is 0 Å². The smallest absolute Gasteiger partial charge is 0.246 e. The molecule has 0 saturated carbocycles. The minimum Gasteiger partial charge on any atom is -0.356 e. The van der Waals surface area contributed by atoms with Crippen molar-refractivity contribution < 1.29 is 14.0 Å². The van der Waals surface area contributed by atoms with E-state index in [0.717, 1.165) is 40.6 Å². The molecule has 1 N–H and O–H groups in total. The van der Waals surface area contributed by atoms with Crippen molar-refractivity contribution in [3.05, 3.63) is 107 Å². The van der Waals surface area contributed by atoms with Crippen LogP contribution in [-0.2, 0) is 29.0 Å². The first-order valence-electron chi connectivity index (χ1n) is 12.1. The van der Waals surface area contributed by atoms with Crippen molar-refractivity contribution in [2.75, 3.05) is 6.54 Å². The van der Waals surface area contributed by atoms with E-state index in [0.29, 0.717) is 13.0 Å². The highest BCUT2D eigenvalue weighted by molar-refractivity contribution is 5.97. The van der Waals surface area contributed by atoms with Gasteiger partial charge in [0, 0.05) is 29.6 Å². The molecule has 5 nitrogen and oxygen atoms in total. The number of carbonyl (C=O) groups is 2. The first kappa shape index (κ1) is 21.6. The summed E-state index contributed by atoms with van der Waals surface area (Å²) in [5.74, 6) is -0.407. The summed E-state index contributed by atoms with van der Waals surface area (Å²) < 4.78 is 13.4. The Labute approximate surface area is 203 Å². The van der Waals surface area contributed by atoms with E-state index in [2.05, 4.69) is 23.2 Å². The number of para-hydroxylation sites is 1. The number of aryl methyl sites for hydroxylation is 1. The van der Waals surface area contributed by atoms with Crippen molar-refractivity contribution in [1.82, 2.24) is 14.8 Å². The number of nitrogens with zero attached hydrogens (tertiary/aromatic N) is 2. The van der Waals surface area contributed by atoms with Crippen LogP contribution in [-0.4, -0.2) is 39.2 Å². The number of fused-ring (bicyclic) bond motifs is 4. The summed E-state index contributed by atoms with van der Waals surface area (Å²) in [6.07, 6.45) is 2.04. The van der Waals surface area contributed by atoms with Gasteiger partial charge in [0.05, 0.1) is 6.04 Å². The normalized spacial score (nSPS) is 19.7. The van der Waals surface area contributed by atoms with Gasteiger partial charge in [-0.05, 0) is 47.7 Å². The van der Waals surface area contributed by atoms with Crippen LogP contribution in [0.15, 0.2) is 78.9 Å². The molecule has 1 fully saturated rings. The van der Waals surface area contributed by atoms with Crippen molar-refractivity contribution >= 4 is 22.7 Å². The predicted molar refractivity (Wildman–Crippen MR) is 132 cm³/mol. The topological polar surface area (TPSA) is 56.4 Å². The van der Waals surface area contributed by atoms with Crippen LogP contribution in [0.2, 0.25) is 0 Å². The molecule has 35 heavy (non-hydrogen) atoms. The van der Waals surface area contributed by atoms with Gasteiger partial charge in [-0.15, -0.1) is 0 Å². The Hall–Kier alpha value is -3.93. The molecule has 6 heteroatoms. The SMILES string of the molecule is O=C1[C@@H]2Cc3c([nH]c4ccccc34)[C@H](CCc3ccccc3)N2C(=O)CN1Cc1ccc(F)cc1. The van der Waals surface area contributed by atoms with Gasteiger partial charge in [-0.2, -0.15) is 0 Å². The zero-order valence-electron chi connectivity index (χ0n) is 19.3. The largest absolute Gasteiger partial charge is 0.356 e. The van der Waals surface area contributed by atoms with Crippen molar-refractivity contribution in [3.63, 3.8) is 0 Å². The molecule has 176 valence electrons. The third kappa shape index (κ3) is 3.89. The van der Waals surface area contributed by atoms with Crippen molar-refractivity contribution in [3.8, 4) is 0 Å². The van der Waals surface area contributed by atoms with Crippen molar-refractivity contribution in [2.24, 2.45) is 0 Å². The van der Waals surface area contributed by atoms with E-state index in [9.17, 15) is 14.0 Å².